The van der Waals surface area contributed by atoms with E-state index in [9.17, 15) is 14.0 Å². The summed E-state index contributed by atoms with van der Waals surface area (Å²) in [6.45, 7) is 9.13. The number of hydrogen-bond donors (Lipinski definition) is 2. The Hall–Kier alpha value is -1.76. The molecule has 7 heteroatoms. The average Bonchev–Trinajstić information content (AvgIpc) is 2.48. The van der Waals surface area contributed by atoms with Gasteiger partial charge in [0.2, 0.25) is 5.91 Å². The fourth-order valence-electron chi connectivity index (χ4n) is 1.86. The maximum Gasteiger partial charge on any atom is 0.412 e. The van der Waals surface area contributed by atoms with Crippen LogP contribution in [-0.4, -0.2) is 28.6 Å². The van der Waals surface area contributed by atoms with Crippen LogP contribution in [0.5, 0.6) is 0 Å². The third-order valence-electron chi connectivity index (χ3n) is 3.11. The molecule has 5 nitrogen and oxygen atoms in total. The van der Waals surface area contributed by atoms with Crippen molar-refractivity contribution in [3.05, 3.63) is 24.0 Å². The number of ether oxygens (including phenoxy) is 1. The fourth-order valence-corrected chi connectivity index (χ4v) is 2.88. The Labute approximate surface area is 153 Å². The number of anilines is 2. The van der Waals surface area contributed by atoms with Gasteiger partial charge in [-0.05, 0) is 58.1 Å². The molecule has 140 valence electrons. The monoisotopic (exact) mass is 370 g/mol. The molecule has 0 fully saturated rings. The highest BCUT2D eigenvalue weighted by Crippen LogP contribution is 2.25. The lowest BCUT2D eigenvalue weighted by atomic mass is 10.2. The van der Waals surface area contributed by atoms with Crippen molar-refractivity contribution in [3.8, 4) is 0 Å². The molecule has 2 amide bonds. The molecule has 1 aromatic rings. The van der Waals surface area contributed by atoms with E-state index in [0.29, 0.717) is 0 Å². The van der Waals surface area contributed by atoms with Crippen LogP contribution in [0, 0.1) is 5.82 Å². The van der Waals surface area contributed by atoms with Gasteiger partial charge in [-0.1, -0.05) is 13.3 Å². The topological polar surface area (TPSA) is 67.4 Å². The van der Waals surface area contributed by atoms with E-state index < -0.39 is 17.5 Å². The predicted octanol–water partition coefficient (Wildman–Crippen LogP) is 5.03. The van der Waals surface area contributed by atoms with E-state index >= 15 is 0 Å². The Kier molecular flexibility index (Phi) is 8.22. The van der Waals surface area contributed by atoms with E-state index in [1.54, 1.807) is 39.5 Å². The largest absolute Gasteiger partial charge is 0.444 e. The van der Waals surface area contributed by atoms with Gasteiger partial charge in [0.25, 0.3) is 0 Å². The smallest absolute Gasteiger partial charge is 0.412 e. The number of amides is 2. The second kappa shape index (κ2) is 9.65. The van der Waals surface area contributed by atoms with Crippen LogP contribution >= 0.6 is 11.8 Å². The first-order valence-electron chi connectivity index (χ1n) is 8.34. The Morgan fingerprint density at radius 1 is 1.24 bits per heavy atom. The number of unbranched alkanes of at least 4 members (excludes halogenated alkanes) is 1. The SMILES string of the molecule is CCCCSC(C)C(=O)Nc1cc(F)ccc1NC(=O)OC(C)(C)C. The molecule has 0 heterocycles. The highest BCUT2D eigenvalue weighted by Gasteiger charge is 2.19. The lowest BCUT2D eigenvalue weighted by molar-refractivity contribution is -0.115. The number of nitrogens with one attached hydrogen (secondary N) is 2. The van der Waals surface area contributed by atoms with Gasteiger partial charge in [-0.3, -0.25) is 10.1 Å². The van der Waals surface area contributed by atoms with E-state index in [-0.39, 0.29) is 22.5 Å². The number of carbonyl (C=O) groups is 2. The van der Waals surface area contributed by atoms with E-state index in [1.165, 1.54) is 18.2 Å². The standard InChI is InChI=1S/C18H27FN2O3S/c1-6-7-10-25-12(2)16(22)20-15-11-13(19)8-9-14(15)21-17(23)24-18(3,4)5/h8-9,11-12H,6-7,10H2,1-5H3,(H,20,22)(H,21,23). The minimum absolute atomic E-state index is 0.207. The molecule has 0 aliphatic heterocycles. The number of benzene rings is 1. The van der Waals surface area contributed by atoms with Crippen molar-refractivity contribution >= 4 is 35.1 Å². The Bertz CT molecular complexity index is 602. The van der Waals surface area contributed by atoms with Gasteiger partial charge in [0.15, 0.2) is 0 Å². The zero-order valence-electron chi connectivity index (χ0n) is 15.4. The highest BCUT2D eigenvalue weighted by molar-refractivity contribution is 8.00. The summed E-state index contributed by atoms with van der Waals surface area (Å²) in [6.07, 6.45) is 1.43. The normalized spacial score (nSPS) is 12.4. The van der Waals surface area contributed by atoms with E-state index in [4.69, 9.17) is 4.74 Å². The molecule has 0 saturated carbocycles. The zero-order chi connectivity index (χ0) is 19.0. The van der Waals surface area contributed by atoms with Crippen LogP contribution in [-0.2, 0) is 9.53 Å². The molecule has 0 radical (unpaired) electrons. The van der Waals surface area contributed by atoms with Crippen molar-refractivity contribution in [2.24, 2.45) is 0 Å². The molecule has 1 atom stereocenters. The first-order chi connectivity index (χ1) is 11.6. The molecular weight excluding hydrogens is 343 g/mol. The maximum atomic E-state index is 13.6. The fraction of sp³-hybridized carbons (Fsp3) is 0.556. The van der Waals surface area contributed by atoms with Crippen LogP contribution in [0.1, 0.15) is 47.5 Å². The summed E-state index contributed by atoms with van der Waals surface area (Å²) in [5, 5.41) is 4.94. The lowest BCUT2D eigenvalue weighted by Crippen LogP contribution is -2.28. The molecule has 0 aliphatic rings. The van der Waals surface area contributed by atoms with Crippen molar-refractivity contribution in [1.82, 2.24) is 0 Å². The van der Waals surface area contributed by atoms with Crippen molar-refractivity contribution in [2.75, 3.05) is 16.4 Å². The van der Waals surface area contributed by atoms with Gasteiger partial charge >= 0.3 is 6.09 Å². The minimum atomic E-state index is -0.667. The van der Waals surface area contributed by atoms with Gasteiger partial charge in [-0.25, -0.2) is 9.18 Å². The molecule has 25 heavy (non-hydrogen) atoms. The summed E-state index contributed by atoms with van der Waals surface area (Å²) < 4.78 is 18.7. The summed E-state index contributed by atoms with van der Waals surface area (Å²) in [5.74, 6) is 0.146. The number of rotatable bonds is 7. The Morgan fingerprint density at radius 2 is 1.92 bits per heavy atom. The van der Waals surface area contributed by atoms with E-state index in [2.05, 4.69) is 17.6 Å². The van der Waals surface area contributed by atoms with Gasteiger partial charge < -0.3 is 10.1 Å². The third kappa shape index (κ3) is 8.25. The number of halogens is 1. The number of thioether (sulfide) groups is 1. The summed E-state index contributed by atoms with van der Waals surface area (Å²) in [6, 6.07) is 3.78. The van der Waals surface area contributed by atoms with Crippen LogP contribution in [0.4, 0.5) is 20.6 Å². The van der Waals surface area contributed by atoms with E-state index in [0.717, 1.165) is 18.6 Å². The lowest BCUT2D eigenvalue weighted by Gasteiger charge is -2.21. The van der Waals surface area contributed by atoms with Crippen molar-refractivity contribution in [2.45, 2.75) is 58.3 Å². The second-order valence-corrected chi connectivity index (χ2v) is 8.12. The van der Waals surface area contributed by atoms with Gasteiger partial charge in [0.05, 0.1) is 16.6 Å². The van der Waals surface area contributed by atoms with Gasteiger partial charge in [-0.15, -0.1) is 11.8 Å². The predicted molar refractivity (Wildman–Crippen MR) is 102 cm³/mol. The zero-order valence-corrected chi connectivity index (χ0v) is 16.3. The van der Waals surface area contributed by atoms with Crippen molar-refractivity contribution in [3.63, 3.8) is 0 Å². The maximum absolute atomic E-state index is 13.6. The van der Waals surface area contributed by atoms with Crippen LogP contribution in [0.2, 0.25) is 0 Å². The second-order valence-electron chi connectivity index (χ2n) is 6.67. The molecule has 0 saturated heterocycles. The quantitative estimate of drug-likeness (QED) is 0.660. The molecule has 0 aliphatic carbocycles. The molecule has 1 aromatic carbocycles. The third-order valence-corrected chi connectivity index (χ3v) is 4.35. The molecule has 1 unspecified atom stereocenters. The Morgan fingerprint density at radius 3 is 2.52 bits per heavy atom. The van der Waals surface area contributed by atoms with Crippen LogP contribution < -0.4 is 10.6 Å². The first-order valence-corrected chi connectivity index (χ1v) is 9.39. The van der Waals surface area contributed by atoms with Crippen LogP contribution in [0.25, 0.3) is 0 Å². The summed E-state index contributed by atoms with van der Waals surface area (Å²) >= 11 is 1.54. The number of carbonyl (C=O) groups excluding carboxylic acids is 2. The van der Waals surface area contributed by atoms with E-state index in [1.807, 2.05) is 0 Å². The molecule has 0 bridgehead atoms. The van der Waals surface area contributed by atoms with Crippen molar-refractivity contribution < 1.29 is 18.7 Å². The van der Waals surface area contributed by atoms with Gasteiger partial charge in [0.1, 0.15) is 11.4 Å². The first kappa shape index (κ1) is 21.3. The highest BCUT2D eigenvalue weighted by atomic mass is 32.2. The van der Waals surface area contributed by atoms with Gasteiger partial charge in [-0.2, -0.15) is 0 Å². The number of hydrogen-bond acceptors (Lipinski definition) is 4. The summed E-state index contributed by atoms with van der Waals surface area (Å²) in [5.41, 5.74) is -0.161. The van der Waals surface area contributed by atoms with Crippen LogP contribution in [0.3, 0.4) is 0 Å². The molecular formula is C18H27FN2O3S. The molecule has 2 N–H and O–H groups in total. The van der Waals surface area contributed by atoms with Gasteiger partial charge in [0, 0.05) is 0 Å². The minimum Gasteiger partial charge on any atom is -0.444 e. The summed E-state index contributed by atoms with van der Waals surface area (Å²) in [7, 11) is 0. The summed E-state index contributed by atoms with van der Waals surface area (Å²) in [4.78, 5) is 24.2. The average molecular weight is 370 g/mol. The van der Waals surface area contributed by atoms with Crippen molar-refractivity contribution in [1.29, 1.82) is 0 Å². The molecule has 0 aromatic heterocycles. The Balaban J connectivity index is 2.80. The van der Waals surface area contributed by atoms with Crippen LogP contribution in [0.15, 0.2) is 18.2 Å². The molecule has 1 rings (SSSR count). The molecule has 0 spiro atoms.